The van der Waals surface area contributed by atoms with Crippen molar-refractivity contribution in [1.29, 1.82) is 0 Å². The zero-order valence-corrected chi connectivity index (χ0v) is 18.7. The summed E-state index contributed by atoms with van der Waals surface area (Å²) in [5.74, 6) is -1.49. The van der Waals surface area contributed by atoms with Crippen LogP contribution in [0.4, 0.5) is 5.69 Å². The van der Waals surface area contributed by atoms with Gasteiger partial charge in [-0.1, -0.05) is 38.1 Å². The lowest BCUT2D eigenvalue weighted by molar-refractivity contribution is -0.136. The fourth-order valence-electron chi connectivity index (χ4n) is 2.68. The molecule has 0 radical (unpaired) electrons. The summed E-state index contributed by atoms with van der Waals surface area (Å²) in [6, 6.07) is 13.5. The van der Waals surface area contributed by atoms with Gasteiger partial charge in [-0.15, -0.1) is 0 Å². The Hall–Kier alpha value is -2.23. The normalized spacial score (nSPS) is 11.3. The van der Waals surface area contributed by atoms with Crippen LogP contribution in [0.3, 0.4) is 0 Å². The largest absolute Gasteiger partial charge is 0.347 e. The van der Waals surface area contributed by atoms with Gasteiger partial charge in [0, 0.05) is 24.1 Å². The van der Waals surface area contributed by atoms with Gasteiger partial charge in [-0.2, -0.15) is 4.31 Å². The molecule has 0 unspecified atom stereocenters. The molecule has 2 aromatic rings. The Morgan fingerprint density at radius 2 is 1.59 bits per heavy atom. The molecule has 0 spiro atoms. The maximum atomic E-state index is 12.5. The van der Waals surface area contributed by atoms with E-state index in [4.69, 9.17) is 0 Å². The zero-order chi connectivity index (χ0) is 21.4. The van der Waals surface area contributed by atoms with Crippen molar-refractivity contribution in [2.24, 2.45) is 0 Å². The molecule has 0 atom stereocenters. The number of nitrogens with one attached hydrogen (secondary N) is 2. The molecular weight excluding hydrogens is 458 g/mol. The van der Waals surface area contributed by atoms with Gasteiger partial charge in [-0.25, -0.2) is 8.42 Å². The van der Waals surface area contributed by atoms with E-state index in [1.54, 1.807) is 62.4 Å². The number of carbonyl (C=O) groups excluding carboxylic acids is 2. The molecule has 0 aliphatic carbocycles. The highest BCUT2D eigenvalue weighted by molar-refractivity contribution is 9.10. The van der Waals surface area contributed by atoms with Crippen LogP contribution in [0.15, 0.2) is 57.9 Å². The average Bonchev–Trinajstić information content (AvgIpc) is 2.70. The first-order chi connectivity index (χ1) is 13.8. The van der Waals surface area contributed by atoms with Crippen LogP contribution in [-0.2, 0) is 26.0 Å². The molecule has 2 aromatic carbocycles. The Morgan fingerprint density at radius 1 is 0.966 bits per heavy atom. The van der Waals surface area contributed by atoms with Crippen LogP contribution in [0.5, 0.6) is 0 Å². The molecule has 0 bridgehead atoms. The van der Waals surface area contributed by atoms with Crippen molar-refractivity contribution in [3.8, 4) is 0 Å². The molecule has 0 heterocycles. The lowest BCUT2D eigenvalue weighted by atomic mass is 10.1. The summed E-state index contributed by atoms with van der Waals surface area (Å²) < 4.78 is 27.0. The second-order valence-electron chi connectivity index (χ2n) is 6.17. The maximum Gasteiger partial charge on any atom is 0.313 e. The van der Waals surface area contributed by atoms with E-state index < -0.39 is 21.8 Å². The molecule has 29 heavy (non-hydrogen) atoms. The van der Waals surface area contributed by atoms with Gasteiger partial charge >= 0.3 is 11.8 Å². The van der Waals surface area contributed by atoms with E-state index >= 15 is 0 Å². The van der Waals surface area contributed by atoms with Crippen molar-refractivity contribution >= 4 is 43.5 Å². The average molecular weight is 482 g/mol. The Kier molecular flexibility index (Phi) is 8.36. The van der Waals surface area contributed by atoms with E-state index in [9.17, 15) is 18.0 Å². The molecular formula is C20H24BrN3O4S. The summed E-state index contributed by atoms with van der Waals surface area (Å²) in [7, 11) is -3.49. The topological polar surface area (TPSA) is 95.6 Å². The first-order valence-electron chi connectivity index (χ1n) is 9.22. The molecule has 9 heteroatoms. The summed E-state index contributed by atoms with van der Waals surface area (Å²) in [5.41, 5.74) is 1.37. The Balaban J connectivity index is 1.88. The van der Waals surface area contributed by atoms with E-state index in [1.165, 1.54) is 4.31 Å². The maximum absolute atomic E-state index is 12.5. The fourth-order valence-corrected chi connectivity index (χ4v) is 4.52. The third kappa shape index (κ3) is 6.12. The highest BCUT2D eigenvalue weighted by Crippen LogP contribution is 2.21. The molecule has 0 aromatic heterocycles. The molecule has 0 aliphatic rings. The van der Waals surface area contributed by atoms with Gasteiger partial charge in [0.2, 0.25) is 10.0 Å². The number of nitrogens with zero attached hydrogens (tertiary/aromatic N) is 1. The van der Waals surface area contributed by atoms with Crippen LogP contribution in [0.25, 0.3) is 0 Å². The number of rotatable bonds is 8. The van der Waals surface area contributed by atoms with Crippen LogP contribution >= 0.6 is 15.9 Å². The Morgan fingerprint density at radius 3 is 2.17 bits per heavy atom. The van der Waals surface area contributed by atoms with E-state index in [2.05, 4.69) is 26.6 Å². The summed E-state index contributed by atoms with van der Waals surface area (Å²) in [4.78, 5) is 24.2. The number of amides is 2. The highest BCUT2D eigenvalue weighted by atomic mass is 79.9. The second-order valence-corrected chi connectivity index (χ2v) is 8.97. The number of halogens is 1. The van der Waals surface area contributed by atoms with Crippen molar-refractivity contribution < 1.29 is 18.0 Å². The van der Waals surface area contributed by atoms with Crippen molar-refractivity contribution in [3.05, 3.63) is 58.6 Å². The van der Waals surface area contributed by atoms with Gasteiger partial charge in [0.15, 0.2) is 0 Å². The second kappa shape index (κ2) is 10.5. The van der Waals surface area contributed by atoms with Crippen LogP contribution in [0, 0.1) is 0 Å². The van der Waals surface area contributed by atoms with Crippen LogP contribution in [0.1, 0.15) is 19.4 Å². The molecule has 156 valence electrons. The number of benzene rings is 2. The number of hydrogen-bond acceptors (Lipinski definition) is 4. The smallest absolute Gasteiger partial charge is 0.313 e. The van der Waals surface area contributed by atoms with Crippen molar-refractivity contribution in [2.45, 2.75) is 25.2 Å². The SMILES string of the molecule is CCN(CC)S(=O)(=O)c1ccc(CCNC(=O)C(=O)Nc2ccccc2Br)cc1. The van der Waals surface area contributed by atoms with Gasteiger partial charge in [0.05, 0.1) is 10.6 Å². The third-order valence-corrected chi connectivity index (χ3v) is 7.05. The summed E-state index contributed by atoms with van der Waals surface area (Å²) in [6.45, 7) is 4.67. The van der Waals surface area contributed by atoms with E-state index in [-0.39, 0.29) is 11.4 Å². The van der Waals surface area contributed by atoms with Crippen molar-refractivity contribution in [1.82, 2.24) is 9.62 Å². The number of para-hydroxylation sites is 1. The number of sulfonamides is 1. The van der Waals surface area contributed by atoms with Crippen LogP contribution in [0.2, 0.25) is 0 Å². The number of hydrogen-bond donors (Lipinski definition) is 2. The zero-order valence-electron chi connectivity index (χ0n) is 16.3. The molecule has 0 saturated carbocycles. The molecule has 0 aliphatic heterocycles. The first kappa shape index (κ1) is 23.1. The third-order valence-electron chi connectivity index (χ3n) is 4.29. The van der Waals surface area contributed by atoms with E-state index in [0.717, 1.165) is 5.56 Å². The van der Waals surface area contributed by atoms with Crippen LogP contribution < -0.4 is 10.6 Å². The molecule has 2 N–H and O–H groups in total. The molecule has 7 nitrogen and oxygen atoms in total. The molecule has 2 rings (SSSR count). The Bertz CT molecular complexity index is 958. The monoisotopic (exact) mass is 481 g/mol. The molecule has 2 amide bonds. The minimum atomic E-state index is -3.49. The number of carbonyl (C=O) groups is 2. The predicted octanol–water partition coefficient (Wildman–Crippen LogP) is 2.78. The predicted molar refractivity (Wildman–Crippen MR) is 116 cm³/mol. The quantitative estimate of drug-likeness (QED) is 0.566. The lowest BCUT2D eigenvalue weighted by Crippen LogP contribution is -2.36. The van der Waals surface area contributed by atoms with E-state index in [1.807, 2.05) is 0 Å². The van der Waals surface area contributed by atoms with Crippen LogP contribution in [-0.4, -0.2) is 44.2 Å². The minimum absolute atomic E-state index is 0.238. The number of anilines is 1. The summed E-state index contributed by atoms with van der Waals surface area (Å²) in [6.07, 6.45) is 0.472. The molecule has 0 saturated heterocycles. The fraction of sp³-hybridized carbons (Fsp3) is 0.300. The van der Waals surface area contributed by atoms with Crippen molar-refractivity contribution in [2.75, 3.05) is 25.0 Å². The van der Waals surface area contributed by atoms with Gasteiger partial charge in [-0.3, -0.25) is 9.59 Å². The van der Waals surface area contributed by atoms with Gasteiger partial charge in [0.1, 0.15) is 0 Å². The van der Waals surface area contributed by atoms with E-state index in [0.29, 0.717) is 29.7 Å². The highest BCUT2D eigenvalue weighted by Gasteiger charge is 2.21. The summed E-state index contributed by atoms with van der Waals surface area (Å²) >= 11 is 3.30. The lowest BCUT2D eigenvalue weighted by Gasteiger charge is -2.18. The Labute approximate surface area is 179 Å². The minimum Gasteiger partial charge on any atom is -0.347 e. The summed E-state index contributed by atoms with van der Waals surface area (Å²) in [5, 5.41) is 5.09. The molecule has 0 fully saturated rings. The van der Waals surface area contributed by atoms with Gasteiger partial charge in [-0.05, 0) is 52.2 Å². The standard InChI is InChI=1S/C20H24BrN3O4S/c1-3-24(4-2)29(27,28)16-11-9-15(10-12-16)13-14-22-19(25)20(26)23-18-8-6-5-7-17(18)21/h5-12H,3-4,13-14H2,1-2H3,(H,22,25)(H,23,26). The first-order valence-corrected chi connectivity index (χ1v) is 11.5. The van der Waals surface area contributed by atoms with Crippen molar-refractivity contribution in [3.63, 3.8) is 0 Å². The van der Waals surface area contributed by atoms with Gasteiger partial charge < -0.3 is 10.6 Å². The van der Waals surface area contributed by atoms with Gasteiger partial charge in [0.25, 0.3) is 0 Å².